The minimum atomic E-state index is -3.38. The van der Waals surface area contributed by atoms with E-state index in [1.165, 1.54) is 10.1 Å². The van der Waals surface area contributed by atoms with Gasteiger partial charge in [-0.05, 0) is 75.6 Å². The quantitative estimate of drug-likeness (QED) is 0.304. The molecule has 2 aromatic rings. The lowest BCUT2D eigenvalue weighted by atomic mass is 9.82. The van der Waals surface area contributed by atoms with Gasteiger partial charge in [0.1, 0.15) is 6.04 Å². The Kier molecular flexibility index (Phi) is 8.01. The Morgan fingerprint density at radius 2 is 1.81 bits per heavy atom. The molecular weight excluding hydrogens is 484 g/mol. The molecule has 11 heteroatoms. The van der Waals surface area contributed by atoms with Crippen molar-refractivity contribution in [3.8, 4) is 0 Å². The number of nitrogens with one attached hydrogen (secondary N) is 1. The molecule has 2 fully saturated rings. The summed E-state index contributed by atoms with van der Waals surface area (Å²) in [6, 6.07) is 5.84. The van der Waals surface area contributed by atoms with Gasteiger partial charge in [0.25, 0.3) is 10.1 Å². The maximum atomic E-state index is 13.0. The number of imide groups is 1. The molecule has 1 saturated carbocycles. The number of aromatic nitrogens is 2. The molecule has 1 N–H and O–H groups in total. The van der Waals surface area contributed by atoms with Gasteiger partial charge in [0.05, 0.1) is 23.9 Å². The fourth-order valence-corrected chi connectivity index (χ4v) is 6.02. The van der Waals surface area contributed by atoms with Gasteiger partial charge in [-0.1, -0.05) is 6.07 Å². The molecule has 1 aliphatic carbocycles. The summed E-state index contributed by atoms with van der Waals surface area (Å²) in [6.45, 7) is 1.02. The summed E-state index contributed by atoms with van der Waals surface area (Å²) in [6.07, 6.45) is 7.67. The van der Waals surface area contributed by atoms with Crippen LogP contribution < -0.4 is 11.0 Å². The third-order valence-corrected chi connectivity index (χ3v) is 8.19. The van der Waals surface area contributed by atoms with Gasteiger partial charge in [-0.25, -0.2) is 4.79 Å². The Labute approximate surface area is 211 Å². The molecule has 0 radical (unpaired) electrons. The van der Waals surface area contributed by atoms with Crippen LogP contribution in [0.4, 0.5) is 0 Å². The minimum absolute atomic E-state index is 0.217. The molecule has 1 aliphatic heterocycles. The second kappa shape index (κ2) is 10.9. The highest BCUT2D eigenvalue weighted by molar-refractivity contribution is 7.85. The van der Waals surface area contributed by atoms with Crippen LogP contribution >= 0.6 is 0 Å². The number of amides is 2. The lowest BCUT2D eigenvalue weighted by molar-refractivity contribution is -0.135. The number of fused-ring (bicyclic) bond motifs is 1. The van der Waals surface area contributed by atoms with Crippen molar-refractivity contribution in [2.75, 3.05) is 26.5 Å². The lowest BCUT2D eigenvalue weighted by Crippen LogP contribution is -2.44. The van der Waals surface area contributed by atoms with Crippen LogP contribution in [0.3, 0.4) is 0 Å². The maximum absolute atomic E-state index is 13.0. The van der Waals surface area contributed by atoms with Gasteiger partial charge in [-0.2, -0.15) is 8.42 Å². The fraction of sp³-hybridized carbons (Fsp3) is 0.640. The normalized spacial score (nSPS) is 23.4. The molecule has 0 spiro atoms. The third-order valence-electron chi connectivity index (χ3n) is 7.59. The molecule has 2 amide bonds. The van der Waals surface area contributed by atoms with E-state index in [2.05, 4.69) is 23.3 Å². The van der Waals surface area contributed by atoms with Crippen LogP contribution in [0.2, 0.25) is 0 Å². The van der Waals surface area contributed by atoms with Gasteiger partial charge in [0.15, 0.2) is 0 Å². The van der Waals surface area contributed by atoms with Crippen molar-refractivity contribution in [3.05, 3.63) is 34.2 Å². The molecule has 1 atom stereocenters. The Morgan fingerprint density at radius 1 is 1.08 bits per heavy atom. The van der Waals surface area contributed by atoms with Gasteiger partial charge in [-0.3, -0.25) is 28.2 Å². The van der Waals surface area contributed by atoms with E-state index in [1.54, 1.807) is 11.6 Å². The van der Waals surface area contributed by atoms with Gasteiger partial charge in [0.2, 0.25) is 11.8 Å². The van der Waals surface area contributed by atoms with Crippen LogP contribution in [0, 0.1) is 5.92 Å². The Bertz CT molecular complexity index is 1290. The summed E-state index contributed by atoms with van der Waals surface area (Å²) in [5.41, 5.74) is 2.44. The molecule has 4 rings (SSSR count). The van der Waals surface area contributed by atoms with E-state index < -0.39 is 22.1 Å². The zero-order valence-corrected chi connectivity index (χ0v) is 22.1. The monoisotopic (exact) mass is 520 g/mol. The average Bonchev–Trinajstić information content (AvgIpc) is 3.06. The predicted molar refractivity (Wildman–Crippen MR) is 136 cm³/mol. The molecule has 10 nitrogen and oxygen atoms in total. The number of hydrogen-bond donors (Lipinski definition) is 1. The molecule has 2 aliphatic rings. The molecule has 36 heavy (non-hydrogen) atoms. The Hall–Kier alpha value is -2.50. The number of benzene rings is 1. The van der Waals surface area contributed by atoms with Crippen LogP contribution in [0.1, 0.15) is 56.6 Å². The first-order chi connectivity index (χ1) is 17.0. The molecule has 1 aromatic carbocycles. The van der Waals surface area contributed by atoms with Crippen LogP contribution in [0.15, 0.2) is 23.0 Å². The van der Waals surface area contributed by atoms with Gasteiger partial charge in [-0.15, -0.1) is 0 Å². The fourth-order valence-electron chi connectivity index (χ4n) is 5.60. The van der Waals surface area contributed by atoms with Crippen LogP contribution in [-0.4, -0.2) is 66.8 Å². The van der Waals surface area contributed by atoms with Crippen molar-refractivity contribution in [2.45, 2.75) is 63.5 Å². The smallest absolute Gasteiger partial charge is 0.303 e. The second-order valence-corrected chi connectivity index (χ2v) is 11.9. The van der Waals surface area contributed by atoms with E-state index in [0.29, 0.717) is 30.3 Å². The Balaban J connectivity index is 1.36. The number of rotatable bonds is 9. The minimum Gasteiger partial charge on any atom is -0.303 e. The SMILES string of the molecule is CN(CCCOS(C)(=O)=O)C1CCC(Cc2ccc3c(c2)n(C)c(=O)n3C2CCC(=O)NC2=O)CC1. The summed E-state index contributed by atoms with van der Waals surface area (Å²) in [5.74, 6) is -0.154. The summed E-state index contributed by atoms with van der Waals surface area (Å²) in [4.78, 5) is 39.2. The largest absolute Gasteiger partial charge is 0.329 e. The number of nitrogens with zero attached hydrogens (tertiary/aromatic N) is 3. The zero-order chi connectivity index (χ0) is 26.0. The molecule has 1 unspecified atom stereocenters. The molecule has 0 bridgehead atoms. The van der Waals surface area contributed by atoms with Gasteiger partial charge >= 0.3 is 5.69 Å². The highest BCUT2D eigenvalue weighted by Gasteiger charge is 2.31. The first-order valence-corrected chi connectivity index (χ1v) is 14.4. The van der Waals surface area contributed by atoms with E-state index >= 15 is 0 Å². The lowest BCUT2D eigenvalue weighted by Gasteiger charge is -2.34. The number of hydrogen-bond acceptors (Lipinski definition) is 7. The van der Waals surface area contributed by atoms with Crippen molar-refractivity contribution in [2.24, 2.45) is 13.0 Å². The first-order valence-electron chi connectivity index (χ1n) is 12.6. The second-order valence-electron chi connectivity index (χ2n) is 10.2. The van der Waals surface area contributed by atoms with Crippen molar-refractivity contribution in [1.29, 1.82) is 0 Å². The van der Waals surface area contributed by atoms with Crippen LogP contribution in [0.25, 0.3) is 11.0 Å². The highest BCUT2D eigenvalue weighted by atomic mass is 32.2. The number of imidazole rings is 1. The van der Waals surface area contributed by atoms with Gasteiger partial charge < -0.3 is 4.90 Å². The van der Waals surface area contributed by atoms with Crippen molar-refractivity contribution in [3.63, 3.8) is 0 Å². The molecule has 2 heterocycles. The number of piperidine rings is 1. The topological polar surface area (TPSA) is 120 Å². The number of aryl methyl sites for hydroxylation is 1. The molecule has 198 valence electrons. The van der Waals surface area contributed by atoms with Crippen LogP contribution in [-0.2, 0) is 37.4 Å². The summed E-state index contributed by atoms with van der Waals surface area (Å²) in [7, 11) is 0.431. The zero-order valence-electron chi connectivity index (χ0n) is 21.2. The summed E-state index contributed by atoms with van der Waals surface area (Å²) >= 11 is 0. The average molecular weight is 521 g/mol. The van der Waals surface area contributed by atoms with Crippen molar-refractivity contribution in [1.82, 2.24) is 19.4 Å². The highest BCUT2D eigenvalue weighted by Crippen LogP contribution is 2.31. The molecular formula is C25H36N4O6S. The summed E-state index contributed by atoms with van der Waals surface area (Å²) < 4.78 is 30.1. The van der Waals surface area contributed by atoms with Gasteiger partial charge in [0, 0.05) is 26.1 Å². The first kappa shape index (κ1) is 26.6. The maximum Gasteiger partial charge on any atom is 0.329 e. The van der Waals surface area contributed by atoms with Crippen LogP contribution in [0.5, 0.6) is 0 Å². The molecule has 1 saturated heterocycles. The van der Waals surface area contributed by atoms with E-state index in [1.807, 2.05) is 12.1 Å². The molecule has 1 aromatic heterocycles. The predicted octanol–water partition coefficient (Wildman–Crippen LogP) is 1.72. The van der Waals surface area contributed by atoms with E-state index in [-0.39, 0.29) is 24.6 Å². The number of carbonyl (C=O) groups excluding carboxylic acids is 2. The van der Waals surface area contributed by atoms with E-state index in [9.17, 15) is 22.8 Å². The van der Waals surface area contributed by atoms with Crippen molar-refractivity contribution < 1.29 is 22.2 Å². The Morgan fingerprint density at radius 3 is 2.47 bits per heavy atom. The van der Waals surface area contributed by atoms with E-state index in [0.717, 1.165) is 50.4 Å². The third kappa shape index (κ3) is 6.07. The summed E-state index contributed by atoms with van der Waals surface area (Å²) in [5, 5.41) is 2.35. The van der Waals surface area contributed by atoms with Crippen molar-refractivity contribution >= 4 is 33.0 Å². The number of carbonyl (C=O) groups is 2. The standard InChI is InChI=1S/C25H36N4O6S/c1-27(13-4-14-35-36(3,33)34)19-8-5-17(6-9-19)15-18-7-10-20-22(16-18)28(2)25(32)29(20)21-11-12-23(30)26-24(21)31/h7,10,16-17,19,21H,4-6,8-9,11-15H2,1-3H3,(H,26,30,31). The van der Waals surface area contributed by atoms with E-state index in [4.69, 9.17) is 4.18 Å².